The third kappa shape index (κ3) is 3.27. The van der Waals surface area contributed by atoms with Crippen molar-refractivity contribution in [1.82, 2.24) is 13.6 Å². The molecule has 132 valence electrons. The largest absolute Gasteiger partial charge is 0.354 e. The van der Waals surface area contributed by atoms with Gasteiger partial charge >= 0.3 is 0 Å². The summed E-state index contributed by atoms with van der Waals surface area (Å²) in [6.07, 6.45) is 2.55. The van der Waals surface area contributed by atoms with Crippen LogP contribution in [0, 0.1) is 0 Å². The number of rotatable bonds is 3. The van der Waals surface area contributed by atoms with Crippen LogP contribution in [0.5, 0.6) is 0 Å². The van der Waals surface area contributed by atoms with E-state index in [1.807, 2.05) is 36.4 Å². The highest BCUT2D eigenvalue weighted by molar-refractivity contribution is 7.86. The lowest BCUT2D eigenvalue weighted by atomic mass is 10.0. The highest BCUT2D eigenvalue weighted by atomic mass is 32.2. The Bertz CT molecular complexity index is 833. The molecule has 7 heteroatoms. The average Bonchev–Trinajstić information content (AvgIpc) is 2.68. The first-order valence-electron chi connectivity index (χ1n) is 8.62. The summed E-state index contributed by atoms with van der Waals surface area (Å²) in [4.78, 5) is 6.49. The van der Waals surface area contributed by atoms with Crippen LogP contribution in [0.25, 0.3) is 0 Å². The van der Waals surface area contributed by atoms with Gasteiger partial charge in [-0.3, -0.25) is 0 Å². The monoisotopic (exact) mass is 358 g/mol. The first-order chi connectivity index (χ1) is 12.1. The van der Waals surface area contributed by atoms with Gasteiger partial charge in [0.1, 0.15) is 5.82 Å². The van der Waals surface area contributed by atoms with Crippen LogP contribution >= 0.6 is 0 Å². The van der Waals surface area contributed by atoms with Crippen LogP contribution in [0.15, 0.2) is 48.7 Å². The molecule has 0 spiro atoms. The van der Waals surface area contributed by atoms with Crippen LogP contribution in [0.4, 0.5) is 5.82 Å². The van der Waals surface area contributed by atoms with E-state index in [0.717, 1.165) is 17.8 Å². The van der Waals surface area contributed by atoms with E-state index in [9.17, 15) is 8.42 Å². The lowest BCUT2D eigenvalue weighted by molar-refractivity contribution is 0.313. The molecule has 2 aromatic rings. The lowest BCUT2D eigenvalue weighted by Crippen LogP contribution is -2.53. The van der Waals surface area contributed by atoms with E-state index in [4.69, 9.17) is 0 Å². The molecule has 0 amide bonds. The maximum Gasteiger partial charge on any atom is 0.282 e. The summed E-state index contributed by atoms with van der Waals surface area (Å²) >= 11 is 0. The minimum Gasteiger partial charge on any atom is -0.354 e. The number of pyridine rings is 1. The van der Waals surface area contributed by atoms with Crippen molar-refractivity contribution in [1.29, 1.82) is 0 Å². The Labute approximate surface area is 148 Å². The fraction of sp³-hybridized carbons (Fsp3) is 0.389. The van der Waals surface area contributed by atoms with Crippen molar-refractivity contribution in [3.8, 4) is 0 Å². The number of fused-ring (bicyclic) bond motifs is 1. The second-order valence-electron chi connectivity index (χ2n) is 6.43. The van der Waals surface area contributed by atoms with Gasteiger partial charge in [0.2, 0.25) is 0 Å². The Morgan fingerprint density at radius 3 is 2.24 bits per heavy atom. The van der Waals surface area contributed by atoms with Crippen molar-refractivity contribution < 1.29 is 8.42 Å². The summed E-state index contributed by atoms with van der Waals surface area (Å²) < 4.78 is 29.3. The summed E-state index contributed by atoms with van der Waals surface area (Å²) in [5, 5.41) is 0. The predicted octanol–water partition coefficient (Wildman–Crippen LogP) is 1.51. The molecule has 1 saturated heterocycles. The van der Waals surface area contributed by atoms with Gasteiger partial charge in [-0.05, 0) is 29.7 Å². The summed E-state index contributed by atoms with van der Waals surface area (Å²) in [7, 11) is -3.41. The van der Waals surface area contributed by atoms with E-state index >= 15 is 0 Å². The number of hydrogen-bond donors (Lipinski definition) is 0. The predicted molar refractivity (Wildman–Crippen MR) is 97.5 cm³/mol. The van der Waals surface area contributed by atoms with Crippen molar-refractivity contribution in [2.75, 3.05) is 37.6 Å². The zero-order valence-electron chi connectivity index (χ0n) is 14.1. The minimum atomic E-state index is -3.41. The smallest absolute Gasteiger partial charge is 0.282 e. The molecule has 2 aliphatic rings. The number of nitrogens with zero attached hydrogens (tertiary/aromatic N) is 4. The van der Waals surface area contributed by atoms with E-state index in [1.165, 1.54) is 5.56 Å². The summed E-state index contributed by atoms with van der Waals surface area (Å²) in [6, 6.07) is 13.9. The van der Waals surface area contributed by atoms with E-state index < -0.39 is 10.2 Å². The van der Waals surface area contributed by atoms with Crippen molar-refractivity contribution in [2.24, 2.45) is 0 Å². The second kappa shape index (κ2) is 6.74. The van der Waals surface area contributed by atoms with Crippen LogP contribution in [-0.4, -0.2) is 54.7 Å². The summed E-state index contributed by atoms with van der Waals surface area (Å²) in [5.74, 6) is 0.909. The summed E-state index contributed by atoms with van der Waals surface area (Å²) in [5.41, 5.74) is 2.37. The molecule has 1 fully saturated rings. The molecule has 0 aliphatic carbocycles. The third-order valence-electron chi connectivity index (χ3n) is 4.96. The number of anilines is 1. The Hall–Kier alpha value is -1.96. The molecular formula is C18H22N4O2S. The van der Waals surface area contributed by atoms with Crippen LogP contribution in [-0.2, 0) is 23.2 Å². The van der Waals surface area contributed by atoms with Crippen molar-refractivity contribution >= 4 is 16.0 Å². The normalized spacial score (nSPS) is 19.6. The van der Waals surface area contributed by atoms with Gasteiger partial charge in [0.15, 0.2) is 0 Å². The molecule has 0 N–H and O–H groups in total. The highest BCUT2D eigenvalue weighted by Crippen LogP contribution is 2.23. The van der Waals surface area contributed by atoms with Gasteiger partial charge in [-0.25, -0.2) is 4.98 Å². The molecule has 0 atom stereocenters. The zero-order valence-corrected chi connectivity index (χ0v) is 14.9. The van der Waals surface area contributed by atoms with Crippen LogP contribution < -0.4 is 4.90 Å². The maximum atomic E-state index is 13.0. The Kier molecular flexibility index (Phi) is 4.45. The van der Waals surface area contributed by atoms with E-state index in [1.54, 1.807) is 14.8 Å². The van der Waals surface area contributed by atoms with Gasteiger partial charge < -0.3 is 4.90 Å². The van der Waals surface area contributed by atoms with Gasteiger partial charge in [0.25, 0.3) is 10.2 Å². The SMILES string of the molecule is O=S(=O)(N1CCN(c2ccccn2)CC1)N1CCc2ccccc2C1. The van der Waals surface area contributed by atoms with Crippen LogP contribution in [0.3, 0.4) is 0 Å². The molecule has 2 aliphatic heterocycles. The Morgan fingerprint density at radius 1 is 0.800 bits per heavy atom. The molecule has 25 heavy (non-hydrogen) atoms. The quantitative estimate of drug-likeness (QED) is 0.835. The summed E-state index contributed by atoms with van der Waals surface area (Å²) in [6.45, 7) is 3.36. The minimum absolute atomic E-state index is 0.471. The third-order valence-corrected chi connectivity index (χ3v) is 6.94. The van der Waals surface area contributed by atoms with Crippen LogP contribution in [0.1, 0.15) is 11.1 Å². The highest BCUT2D eigenvalue weighted by Gasteiger charge is 2.34. The molecule has 0 unspecified atom stereocenters. The number of aromatic nitrogens is 1. The molecule has 4 rings (SSSR count). The first kappa shape index (κ1) is 16.5. The molecule has 1 aromatic carbocycles. The van der Waals surface area contributed by atoms with Gasteiger partial charge in [-0.1, -0.05) is 30.3 Å². The lowest BCUT2D eigenvalue weighted by Gasteiger charge is -2.38. The number of benzene rings is 1. The molecule has 1 aromatic heterocycles. The zero-order chi connectivity index (χ0) is 17.3. The van der Waals surface area contributed by atoms with Gasteiger partial charge in [-0.2, -0.15) is 17.0 Å². The van der Waals surface area contributed by atoms with Crippen LogP contribution in [0.2, 0.25) is 0 Å². The molecule has 6 nitrogen and oxygen atoms in total. The number of hydrogen-bond acceptors (Lipinski definition) is 4. The fourth-order valence-electron chi connectivity index (χ4n) is 3.52. The molecule has 0 saturated carbocycles. The van der Waals surface area contributed by atoms with Gasteiger partial charge in [0, 0.05) is 45.5 Å². The standard InChI is InChI=1S/C18H22N4O2S/c23-25(24,22-10-8-16-5-1-2-6-17(16)15-22)21-13-11-20(12-14-21)18-7-3-4-9-19-18/h1-7,9H,8,10-15H2. The van der Waals surface area contributed by atoms with Crippen molar-refractivity contribution in [3.05, 3.63) is 59.8 Å². The first-order valence-corrected chi connectivity index (χ1v) is 10.0. The van der Waals surface area contributed by atoms with Crippen molar-refractivity contribution in [2.45, 2.75) is 13.0 Å². The number of piperazine rings is 1. The molecule has 0 radical (unpaired) electrons. The van der Waals surface area contributed by atoms with Crippen molar-refractivity contribution in [3.63, 3.8) is 0 Å². The van der Waals surface area contributed by atoms with E-state index in [-0.39, 0.29) is 0 Å². The maximum absolute atomic E-state index is 13.0. The average molecular weight is 358 g/mol. The molecular weight excluding hydrogens is 336 g/mol. The van der Waals surface area contributed by atoms with Gasteiger partial charge in [0.05, 0.1) is 0 Å². The van der Waals surface area contributed by atoms with Gasteiger partial charge in [-0.15, -0.1) is 0 Å². The second-order valence-corrected chi connectivity index (χ2v) is 8.36. The fourth-order valence-corrected chi connectivity index (χ4v) is 5.09. The Morgan fingerprint density at radius 2 is 1.52 bits per heavy atom. The van der Waals surface area contributed by atoms with E-state index in [2.05, 4.69) is 16.0 Å². The molecule has 0 bridgehead atoms. The van der Waals surface area contributed by atoms with E-state index in [0.29, 0.717) is 39.3 Å². The Balaban J connectivity index is 1.44. The molecule has 3 heterocycles. The topological polar surface area (TPSA) is 56.8 Å².